The summed E-state index contributed by atoms with van der Waals surface area (Å²) in [6.07, 6.45) is 20.4. The molecule has 0 radical (unpaired) electrons. The minimum atomic E-state index is 0.948. The van der Waals surface area contributed by atoms with E-state index in [4.69, 9.17) is 0 Å². The predicted octanol–water partition coefficient (Wildman–Crippen LogP) is 3.32. The summed E-state index contributed by atoms with van der Waals surface area (Å²) >= 11 is 0. The van der Waals surface area contributed by atoms with Crippen LogP contribution >= 0.6 is 0 Å². The first kappa shape index (κ1) is 10.6. The van der Waals surface area contributed by atoms with Crippen LogP contribution in [0.2, 0.25) is 0 Å². The molecular weight excluding hydrogens is 196 g/mol. The van der Waals surface area contributed by atoms with Crippen molar-refractivity contribution in [2.24, 2.45) is 0 Å². The maximum atomic E-state index is 3.82. The second-order valence-corrected chi connectivity index (χ2v) is 3.59. The van der Waals surface area contributed by atoms with Crippen molar-refractivity contribution in [1.29, 1.82) is 0 Å². The van der Waals surface area contributed by atoms with E-state index in [1.165, 1.54) is 5.57 Å². The van der Waals surface area contributed by atoms with Crippen LogP contribution in [0.5, 0.6) is 0 Å². The van der Waals surface area contributed by atoms with Gasteiger partial charge in [0.15, 0.2) is 0 Å². The molecular formula is C14H14N2. The van der Waals surface area contributed by atoms with E-state index in [-0.39, 0.29) is 0 Å². The van der Waals surface area contributed by atoms with Crippen molar-refractivity contribution in [1.82, 2.24) is 10.2 Å². The number of allylic oxidation sites excluding steroid dienone is 7. The second-order valence-electron chi connectivity index (χ2n) is 3.59. The first-order chi connectivity index (χ1) is 7.95. The quantitative estimate of drug-likeness (QED) is 0.764. The second kappa shape index (κ2) is 5.81. The highest BCUT2D eigenvalue weighted by Crippen LogP contribution is 2.10. The Balaban J connectivity index is 1.94. The molecule has 0 atom stereocenters. The number of rotatable bonds is 3. The van der Waals surface area contributed by atoms with E-state index in [0.717, 1.165) is 18.4 Å². The van der Waals surface area contributed by atoms with Gasteiger partial charge < -0.3 is 0 Å². The average molecular weight is 210 g/mol. The maximum Gasteiger partial charge on any atom is 0.0568 e. The van der Waals surface area contributed by atoms with Crippen LogP contribution in [0.3, 0.4) is 0 Å². The van der Waals surface area contributed by atoms with E-state index >= 15 is 0 Å². The Bertz CT molecular complexity index is 439. The summed E-state index contributed by atoms with van der Waals surface area (Å²) in [5.41, 5.74) is 2.41. The van der Waals surface area contributed by atoms with E-state index in [1.54, 1.807) is 12.4 Å². The van der Waals surface area contributed by atoms with Gasteiger partial charge in [0.2, 0.25) is 0 Å². The summed E-state index contributed by atoms with van der Waals surface area (Å²) < 4.78 is 0. The fourth-order valence-electron chi connectivity index (χ4n) is 1.49. The third kappa shape index (κ3) is 3.31. The molecule has 1 aromatic rings. The van der Waals surface area contributed by atoms with Crippen LogP contribution < -0.4 is 0 Å². The standard InChI is InChI=1S/C14H14N2/c1-2-4-7-13(6-3-1)8-5-9-14-10-11-15-16-12-14/h1,3-7,9-12H,2,8H2/b9-5-. The van der Waals surface area contributed by atoms with Gasteiger partial charge in [-0.15, -0.1) is 0 Å². The zero-order valence-electron chi connectivity index (χ0n) is 9.08. The molecule has 1 aliphatic carbocycles. The van der Waals surface area contributed by atoms with Gasteiger partial charge in [-0.2, -0.15) is 10.2 Å². The monoisotopic (exact) mass is 210 g/mol. The molecule has 1 aliphatic rings. The highest BCUT2D eigenvalue weighted by atomic mass is 15.1. The van der Waals surface area contributed by atoms with E-state index in [9.17, 15) is 0 Å². The fourth-order valence-corrected chi connectivity index (χ4v) is 1.49. The predicted molar refractivity (Wildman–Crippen MR) is 66.7 cm³/mol. The summed E-state index contributed by atoms with van der Waals surface area (Å²) in [4.78, 5) is 0. The van der Waals surface area contributed by atoms with Gasteiger partial charge in [-0.1, -0.05) is 42.5 Å². The van der Waals surface area contributed by atoms with Crippen molar-refractivity contribution in [3.05, 3.63) is 66.1 Å². The molecule has 1 heterocycles. The molecule has 0 amide bonds. The number of nitrogens with zero attached hydrogens (tertiary/aromatic N) is 2. The van der Waals surface area contributed by atoms with Crippen molar-refractivity contribution in [2.45, 2.75) is 12.8 Å². The zero-order chi connectivity index (χ0) is 11.1. The molecule has 80 valence electrons. The van der Waals surface area contributed by atoms with Crippen LogP contribution in [-0.4, -0.2) is 10.2 Å². The molecule has 0 spiro atoms. The molecule has 0 unspecified atom stereocenters. The fraction of sp³-hybridized carbons (Fsp3) is 0.143. The van der Waals surface area contributed by atoms with Gasteiger partial charge in [0.05, 0.1) is 12.4 Å². The van der Waals surface area contributed by atoms with Crippen LogP contribution in [0.25, 0.3) is 6.08 Å². The Labute approximate surface area is 95.7 Å². The van der Waals surface area contributed by atoms with Crippen LogP contribution in [-0.2, 0) is 0 Å². The van der Waals surface area contributed by atoms with Crippen molar-refractivity contribution in [3.8, 4) is 0 Å². The Morgan fingerprint density at radius 3 is 3.12 bits per heavy atom. The third-order valence-electron chi connectivity index (χ3n) is 2.32. The van der Waals surface area contributed by atoms with Crippen LogP contribution in [0.1, 0.15) is 18.4 Å². The van der Waals surface area contributed by atoms with E-state index in [0.29, 0.717) is 0 Å². The molecule has 1 aromatic heterocycles. The molecule has 0 N–H and O–H groups in total. The molecule has 0 aromatic carbocycles. The van der Waals surface area contributed by atoms with Crippen LogP contribution in [0, 0.1) is 0 Å². The lowest BCUT2D eigenvalue weighted by Crippen LogP contribution is -1.79. The van der Waals surface area contributed by atoms with Crippen molar-refractivity contribution in [3.63, 3.8) is 0 Å². The van der Waals surface area contributed by atoms with E-state index < -0.39 is 0 Å². The molecule has 0 fully saturated rings. The molecule has 2 rings (SSSR count). The lowest BCUT2D eigenvalue weighted by molar-refractivity contribution is 1.03. The largest absolute Gasteiger partial charge is 0.159 e. The summed E-state index contributed by atoms with van der Waals surface area (Å²) in [6.45, 7) is 0. The van der Waals surface area contributed by atoms with Crippen molar-refractivity contribution < 1.29 is 0 Å². The first-order valence-corrected chi connectivity index (χ1v) is 5.40. The van der Waals surface area contributed by atoms with Gasteiger partial charge in [0, 0.05) is 0 Å². The molecule has 2 heteroatoms. The van der Waals surface area contributed by atoms with Gasteiger partial charge in [0.25, 0.3) is 0 Å². The smallest absolute Gasteiger partial charge is 0.0568 e. The Morgan fingerprint density at radius 2 is 2.25 bits per heavy atom. The van der Waals surface area contributed by atoms with Crippen molar-refractivity contribution >= 4 is 6.08 Å². The number of hydrogen-bond acceptors (Lipinski definition) is 2. The van der Waals surface area contributed by atoms with E-state index in [1.807, 2.05) is 6.07 Å². The summed E-state index contributed by atoms with van der Waals surface area (Å²) in [5.74, 6) is 0. The van der Waals surface area contributed by atoms with Gasteiger partial charge in [-0.05, 0) is 30.0 Å². The summed E-state index contributed by atoms with van der Waals surface area (Å²) in [6, 6.07) is 1.95. The lowest BCUT2D eigenvalue weighted by Gasteiger charge is -1.94. The molecule has 2 nitrogen and oxygen atoms in total. The maximum absolute atomic E-state index is 3.82. The third-order valence-corrected chi connectivity index (χ3v) is 2.32. The zero-order valence-corrected chi connectivity index (χ0v) is 9.08. The van der Waals surface area contributed by atoms with Gasteiger partial charge in [-0.25, -0.2) is 0 Å². The lowest BCUT2D eigenvalue weighted by atomic mass is 10.1. The van der Waals surface area contributed by atoms with Gasteiger partial charge >= 0.3 is 0 Å². The topological polar surface area (TPSA) is 25.8 Å². The highest BCUT2D eigenvalue weighted by molar-refractivity contribution is 5.48. The minimum Gasteiger partial charge on any atom is -0.159 e. The number of hydrogen-bond donors (Lipinski definition) is 0. The Kier molecular flexibility index (Phi) is 3.83. The summed E-state index contributed by atoms with van der Waals surface area (Å²) in [7, 11) is 0. The number of aromatic nitrogens is 2. The van der Waals surface area contributed by atoms with Crippen LogP contribution in [0.15, 0.2) is 60.5 Å². The van der Waals surface area contributed by atoms with E-state index in [2.05, 4.69) is 52.7 Å². The van der Waals surface area contributed by atoms with Crippen LogP contribution in [0.4, 0.5) is 0 Å². The molecule has 0 bridgehead atoms. The molecule has 0 saturated heterocycles. The van der Waals surface area contributed by atoms with Gasteiger partial charge in [-0.3, -0.25) is 0 Å². The SMILES string of the molecule is C1=CCC=CC(C/C=C\c2ccnnc2)=C1. The van der Waals surface area contributed by atoms with Gasteiger partial charge in [0.1, 0.15) is 0 Å². The normalized spacial score (nSPS) is 15.1. The average Bonchev–Trinajstić information content (AvgIpc) is 2.59. The van der Waals surface area contributed by atoms with Crippen molar-refractivity contribution in [2.75, 3.05) is 0 Å². The summed E-state index contributed by atoms with van der Waals surface area (Å²) in [5, 5.41) is 7.56. The molecule has 0 aliphatic heterocycles. The molecule has 0 saturated carbocycles. The Hall–Kier alpha value is -1.96. The highest BCUT2D eigenvalue weighted by Gasteiger charge is 1.90. The first-order valence-electron chi connectivity index (χ1n) is 5.40. The Morgan fingerprint density at radius 1 is 1.25 bits per heavy atom. The minimum absolute atomic E-state index is 0.948. The molecule has 16 heavy (non-hydrogen) atoms.